The number of rotatable bonds is 5. The van der Waals surface area contributed by atoms with E-state index >= 15 is 0 Å². The van der Waals surface area contributed by atoms with Gasteiger partial charge in [-0.2, -0.15) is 0 Å². The molecule has 0 saturated heterocycles. The van der Waals surface area contributed by atoms with Crippen molar-refractivity contribution in [3.8, 4) is 0 Å². The van der Waals surface area contributed by atoms with Gasteiger partial charge in [0, 0.05) is 0 Å². The fourth-order valence-electron chi connectivity index (χ4n) is 4.19. The van der Waals surface area contributed by atoms with E-state index in [1.807, 2.05) is 2.38 Å². The van der Waals surface area contributed by atoms with Crippen LogP contribution in [0.3, 0.4) is 0 Å². The average molecular weight is 399 g/mol. The number of hydrogen-bond acceptors (Lipinski definition) is 0. The number of hydrogen-bond donors (Lipinski definition) is 0. The third kappa shape index (κ3) is 4.99. The summed E-state index contributed by atoms with van der Waals surface area (Å²) in [7, 11) is -1.92. The van der Waals surface area contributed by atoms with Gasteiger partial charge in [0.25, 0.3) is 0 Å². The molecular weight excluding hydrogens is 361 g/mol. The van der Waals surface area contributed by atoms with Crippen molar-refractivity contribution in [1.29, 1.82) is 0 Å². The van der Waals surface area contributed by atoms with Crippen molar-refractivity contribution < 1.29 is 27.4 Å². The first-order chi connectivity index (χ1) is 9.17. The molecule has 0 unspecified atom stereocenters. The van der Waals surface area contributed by atoms with Gasteiger partial charge in [0.05, 0.1) is 0 Å². The molecule has 21 heavy (non-hydrogen) atoms. The van der Waals surface area contributed by atoms with E-state index in [1.54, 1.807) is 22.4 Å². The fourth-order valence-corrected chi connectivity index (χ4v) is 41.2. The van der Waals surface area contributed by atoms with Crippen LogP contribution in [0.5, 0.6) is 0 Å². The molecule has 0 amide bonds. The van der Waals surface area contributed by atoms with Crippen molar-refractivity contribution in [1.82, 2.24) is 0 Å². The van der Waals surface area contributed by atoms with Gasteiger partial charge in [0.15, 0.2) is 0 Å². The van der Waals surface area contributed by atoms with Gasteiger partial charge < -0.3 is 0 Å². The molecule has 1 aliphatic rings. The Kier molecular flexibility index (Phi) is 6.20. The molecule has 0 aromatic heterocycles. The van der Waals surface area contributed by atoms with Crippen LogP contribution in [-0.4, -0.2) is 16.1 Å². The summed E-state index contributed by atoms with van der Waals surface area (Å²) in [5.41, 5.74) is 5.34. The van der Waals surface area contributed by atoms with Crippen molar-refractivity contribution in [2.75, 3.05) is 0 Å². The zero-order chi connectivity index (χ0) is 16.8. The fraction of sp³-hybridized carbons (Fsp3) is 0.778. The summed E-state index contributed by atoms with van der Waals surface area (Å²) < 4.78 is 5.31. The third-order valence-corrected chi connectivity index (χ3v) is 38.9. The van der Waals surface area contributed by atoms with Crippen LogP contribution in [-0.2, 0) is 27.4 Å². The summed E-state index contributed by atoms with van der Waals surface area (Å²) in [6, 6.07) is 0. The maximum atomic E-state index is 2.59. The minimum atomic E-state index is -1.68. The average Bonchev–Trinajstić information content (AvgIpc) is 2.34. The van der Waals surface area contributed by atoms with Gasteiger partial charge in [0.1, 0.15) is 0 Å². The Balaban J connectivity index is 3.28. The van der Waals surface area contributed by atoms with Crippen molar-refractivity contribution in [3.05, 3.63) is 19.1 Å². The molecule has 0 bridgehead atoms. The molecule has 0 nitrogen and oxygen atoms in total. The van der Waals surface area contributed by atoms with E-state index in [4.69, 9.17) is 0 Å². The van der Waals surface area contributed by atoms with E-state index in [-0.39, 0.29) is 0 Å². The molecule has 0 saturated carbocycles. The molecule has 0 aromatic carbocycles. The van der Waals surface area contributed by atoms with Crippen LogP contribution in [0.15, 0.2) is 19.1 Å². The Hall–Kier alpha value is 1.02. The van der Waals surface area contributed by atoms with Crippen LogP contribution in [0.4, 0.5) is 0 Å². The molecule has 0 fully saturated rings. The molecule has 1 aliphatic carbocycles. The Morgan fingerprint density at radius 3 is 1.38 bits per heavy atom. The second-order valence-electron chi connectivity index (χ2n) is 10.1. The van der Waals surface area contributed by atoms with Gasteiger partial charge in [-0.15, -0.1) is 0 Å². The van der Waals surface area contributed by atoms with E-state index in [9.17, 15) is 0 Å². The van der Waals surface area contributed by atoms with Crippen LogP contribution in [0, 0.1) is 5.41 Å². The summed E-state index contributed by atoms with van der Waals surface area (Å²) >= 11 is -1.68. The monoisotopic (exact) mass is 398 g/mol. The van der Waals surface area contributed by atoms with Crippen molar-refractivity contribution in [2.24, 2.45) is 5.41 Å². The second-order valence-corrected chi connectivity index (χ2v) is 32.1. The molecule has 1 rings (SSSR count). The van der Waals surface area contributed by atoms with Gasteiger partial charge >= 0.3 is 148 Å². The van der Waals surface area contributed by atoms with Crippen molar-refractivity contribution in [3.63, 3.8) is 0 Å². The first-order valence-corrected chi connectivity index (χ1v) is 21.4. The van der Waals surface area contributed by atoms with E-state index < -0.39 is 43.6 Å². The molecular formula is C18H37Si2Y. The van der Waals surface area contributed by atoms with Crippen LogP contribution in [0.2, 0.25) is 45.0 Å². The van der Waals surface area contributed by atoms with Crippen LogP contribution >= 0.6 is 0 Å². The molecule has 0 aliphatic heterocycles. The predicted molar refractivity (Wildman–Crippen MR) is 101 cm³/mol. The standard InChI is InChI=1S/C10H15.2C4H11Si.Y/c1-7-6-10(4,5)9(3)8(7)2;2*1-5(2,3)4;/h1-5H3;2*1H2,2-4H3;. The van der Waals surface area contributed by atoms with Gasteiger partial charge in [-0.3, -0.25) is 0 Å². The Morgan fingerprint density at radius 1 is 0.762 bits per heavy atom. The van der Waals surface area contributed by atoms with E-state index in [1.165, 1.54) is 0 Å². The first-order valence-electron chi connectivity index (χ1n) is 8.56. The van der Waals surface area contributed by atoms with E-state index in [0.717, 1.165) is 0 Å². The summed E-state index contributed by atoms with van der Waals surface area (Å²) in [6.45, 7) is 27.7. The van der Waals surface area contributed by atoms with Gasteiger partial charge in [-0.05, 0) is 0 Å². The Labute approximate surface area is 146 Å². The van der Waals surface area contributed by atoms with Crippen molar-refractivity contribution >= 4 is 16.1 Å². The van der Waals surface area contributed by atoms with Crippen LogP contribution < -0.4 is 0 Å². The quantitative estimate of drug-likeness (QED) is 0.444. The maximum absolute atomic E-state index is 2.59. The molecule has 0 radical (unpaired) electrons. The normalized spacial score (nSPS) is 19.6. The Bertz CT molecular complexity index is 454. The van der Waals surface area contributed by atoms with Gasteiger partial charge in [0.2, 0.25) is 0 Å². The topological polar surface area (TPSA) is 0 Å². The van der Waals surface area contributed by atoms with Crippen LogP contribution in [0.25, 0.3) is 0 Å². The molecule has 0 N–H and O–H groups in total. The zero-order valence-electron chi connectivity index (χ0n) is 16.5. The molecule has 3 heteroatoms. The summed E-state index contributed by atoms with van der Waals surface area (Å²) in [4.78, 5) is 0. The Morgan fingerprint density at radius 2 is 1.14 bits per heavy atom. The van der Waals surface area contributed by atoms with Gasteiger partial charge in [-0.25, -0.2) is 0 Å². The molecule has 0 aromatic rings. The van der Waals surface area contributed by atoms with E-state index in [0.29, 0.717) is 5.41 Å². The zero-order valence-corrected chi connectivity index (χ0v) is 21.3. The summed E-state index contributed by atoms with van der Waals surface area (Å²) in [6.07, 6.45) is 0. The summed E-state index contributed by atoms with van der Waals surface area (Å²) in [5.74, 6) is 0. The second kappa shape index (κ2) is 6.49. The van der Waals surface area contributed by atoms with Crippen molar-refractivity contribution in [2.45, 2.75) is 79.6 Å². The first kappa shape index (κ1) is 20.1. The van der Waals surface area contributed by atoms with Gasteiger partial charge in [-0.1, -0.05) is 0 Å². The SMILES string of the molecule is CC1=C(C)C(C)(C)[C]([Y]([CH2][Si](C)(C)C)[CH2][Si](C)(C)C)=C1C. The third-order valence-electron chi connectivity index (χ3n) is 5.27. The number of allylic oxidation sites excluding steroid dienone is 4. The van der Waals surface area contributed by atoms with E-state index in [2.05, 4.69) is 73.9 Å². The molecule has 120 valence electrons. The molecule has 0 heterocycles. The molecule has 0 spiro atoms. The minimum absolute atomic E-state index is 0.369. The summed E-state index contributed by atoms with van der Waals surface area (Å²) in [5, 5.41) is 0. The van der Waals surface area contributed by atoms with Crippen LogP contribution in [0.1, 0.15) is 34.6 Å². The predicted octanol–water partition coefficient (Wildman–Crippen LogP) is 6.85. The molecule has 0 atom stereocenters.